The minimum atomic E-state index is -0.353. The Morgan fingerprint density at radius 2 is 2.10 bits per heavy atom. The molecule has 1 amide bonds. The highest BCUT2D eigenvalue weighted by molar-refractivity contribution is 9.10. The average Bonchev–Trinajstić information content (AvgIpc) is 2.43. The maximum absolute atomic E-state index is 12.2. The molecule has 0 aromatic heterocycles. The monoisotopic (exact) mass is 352 g/mol. The van der Waals surface area contributed by atoms with Gasteiger partial charge in [-0.15, -0.1) is 0 Å². The highest BCUT2D eigenvalue weighted by Crippen LogP contribution is 2.32. The molecule has 0 unspecified atom stereocenters. The third kappa shape index (κ3) is 3.44. The van der Waals surface area contributed by atoms with Crippen LogP contribution in [-0.2, 0) is 9.59 Å². The molecule has 0 radical (unpaired) electrons. The van der Waals surface area contributed by atoms with Crippen molar-refractivity contribution in [1.82, 2.24) is 10.2 Å². The number of Topliss-reactive ketones (excluding diaryl/α,β-unsaturated/α-hetero) is 1. The standard InChI is InChI=1S/C15H17BrN2O3/c1-18(2)8-11-14(19)7-13(17-15(11)20)10-6-9(21-3)4-5-12(10)16/h4-6,8,13H,7H2,1-3H3,(H,17,20)/t13-/m1/s1. The Balaban J connectivity index is 2.30. The third-order valence-corrected chi connectivity index (χ3v) is 3.93. The summed E-state index contributed by atoms with van der Waals surface area (Å²) in [5, 5.41) is 2.87. The van der Waals surface area contributed by atoms with Gasteiger partial charge in [-0.05, 0) is 23.8 Å². The summed E-state index contributed by atoms with van der Waals surface area (Å²) >= 11 is 3.45. The second-order valence-corrected chi connectivity index (χ2v) is 5.90. The molecule has 2 rings (SSSR count). The van der Waals surface area contributed by atoms with Gasteiger partial charge in [0, 0.05) is 31.2 Å². The first kappa shape index (κ1) is 15.6. The van der Waals surface area contributed by atoms with E-state index in [1.807, 2.05) is 18.2 Å². The van der Waals surface area contributed by atoms with Crippen LogP contribution in [0.15, 0.2) is 34.4 Å². The number of nitrogens with one attached hydrogen (secondary N) is 1. The lowest BCUT2D eigenvalue weighted by Crippen LogP contribution is -2.40. The quantitative estimate of drug-likeness (QED) is 0.667. The minimum absolute atomic E-state index is 0.160. The van der Waals surface area contributed by atoms with E-state index in [4.69, 9.17) is 4.74 Å². The Morgan fingerprint density at radius 3 is 2.67 bits per heavy atom. The summed E-state index contributed by atoms with van der Waals surface area (Å²) in [6.07, 6.45) is 1.78. The zero-order valence-corrected chi connectivity index (χ0v) is 13.7. The van der Waals surface area contributed by atoms with Crippen LogP contribution < -0.4 is 10.1 Å². The van der Waals surface area contributed by atoms with Gasteiger partial charge in [0.05, 0.1) is 18.7 Å². The normalized spacial score (nSPS) is 20.4. The molecule has 1 aliphatic heterocycles. The number of hydrogen-bond donors (Lipinski definition) is 1. The van der Waals surface area contributed by atoms with Crippen molar-refractivity contribution in [2.45, 2.75) is 12.5 Å². The van der Waals surface area contributed by atoms with E-state index in [-0.39, 0.29) is 29.7 Å². The van der Waals surface area contributed by atoms with Gasteiger partial charge in [0.2, 0.25) is 0 Å². The highest BCUT2D eigenvalue weighted by Gasteiger charge is 2.31. The lowest BCUT2D eigenvalue weighted by Gasteiger charge is -2.26. The molecular weight excluding hydrogens is 336 g/mol. The number of methoxy groups -OCH3 is 1. The Kier molecular flexibility index (Phi) is 4.67. The third-order valence-electron chi connectivity index (χ3n) is 3.21. The lowest BCUT2D eigenvalue weighted by molar-refractivity contribution is -0.126. The van der Waals surface area contributed by atoms with Crippen molar-refractivity contribution >= 4 is 27.6 Å². The molecule has 0 saturated carbocycles. The van der Waals surface area contributed by atoms with E-state index in [0.717, 1.165) is 10.0 Å². The van der Waals surface area contributed by atoms with Gasteiger partial charge in [0.1, 0.15) is 5.75 Å². The Labute approximate surface area is 132 Å². The minimum Gasteiger partial charge on any atom is -0.497 e. The van der Waals surface area contributed by atoms with E-state index in [2.05, 4.69) is 21.2 Å². The Hall–Kier alpha value is -1.82. The molecule has 1 aromatic carbocycles. The average molecular weight is 353 g/mol. The lowest BCUT2D eigenvalue weighted by atomic mass is 9.93. The number of halogens is 1. The van der Waals surface area contributed by atoms with Gasteiger partial charge in [-0.25, -0.2) is 0 Å². The van der Waals surface area contributed by atoms with Crippen LogP contribution in [0.5, 0.6) is 5.75 Å². The number of ketones is 1. The Bertz CT molecular complexity index is 591. The molecule has 1 aromatic rings. The van der Waals surface area contributed by atoms with Gasteiger partial charge in [0.15, 0.2) is 5.78 Å². The number of hydrogen-bond acceptors (Lipinski definition) is 4. The fourth-order valence-electron chi connectivity index (χ4n) is 2.20. The van der Waals surface area contributed by atoms with E-state index >= 15 is 0 Å². The molecule has 1 N–H and O–H groups in total. The summed E-state index contributed by atoms with van der Waals surface area (Å²) in [5.74, 6) is 0.177. The van der Waals surface area contributed by atoms with E-state index in [1.165, 1.54) is 0 Å². The number of ether oxygens (including phenoxy) is 1. The molecule has 21 heavy (non-hydrogen) atoms. The first-order valence-corrected chi connectivity index (χ1v) is 7.27. The molecule has 1 atom stereocenters. The van der Waals surface area contributed by atoms with Crippen LogP contribution >= 0.6 is 15.9 Å². The molecule has 1 heterocycles. The maximum atomic E-state index is 12.2. The zero-order valence-electron chi connectivity index (χ0n) is 12.1. The molecule has 5 nitrogen and oxygen atoms in total. The van der Waals surface area contributed by atoms with Crippen LogP contribution in [0.4, 0.5) is 0 Å². The number of benzene rings is 1. The molecule has 0 spiro atoms. The van der Waals surface area contributed by atoms with Gasteiger partial charge >= 0.3 is 0 Å². The van der Waals surface area contributed by atoms with Crippen molar-refractivity contribution in [2.75, 3.05) is 21.2 Å². The SMILES string of the molecule is COc1ccc(Br)c([C@H]2CC(=O)C(=CN(C)C)C(=O)N2)c1. The van der Waals surface area contributed by atoms with Crippen molar-refractivity contribution in [2.24, 2.45) is 0 Å². The number of carbonyl (C=O) groups excluding carboxylic acids is 2. The van der Waals surface area contributed by atoms with E-state index in [9.17, 15) is 9.59 Å². The van der Waals surface area contributed by atoms with Crippen LogP contribution in [-0.4, -0.2) is 37.8 Å². The molecule has 1 saturated heterocycles. The molecule has 0 bridgehead atoms. The van der Waals surface area contributed by atoms with Gasteiger partial charge in [0.25, 0.3) is 5.91 Å². The molecular formula is C15H17BrN2O3. The number of piperidine rings is 1. The van der Waals surface area contributed by atoms with Gasteiger partial charge < -0.3 is 15.0 Å². The summed E-state index contributed by atoms with van der Waals surface area (Å²) in [5.41, 5.74) is 1.02. The first-order chi connectivity index (χ1) is 9.92. The summed E-state index contributed by atoms with van der Waals surface area (Å²) in [6, 6.07) is 5.13. The van der Waals surface area contributed by atoms with E-state index in [1.54, 1.807) is 32.3 Å². The first-order valence-electron chi connectivity index (χ1n) is 6.48. The second-order valence-electron chi connectivity index (χ2n) is 5.05. The predicted octanol–water partition coefficient (Wildman–Crippen LogP) is 2.03. The summed E-state index contributed by atoms with van der Waals surface area (Å²) < 4.78 is 6.03. The van der Waals surface area contributed by atoms with Gasteiger partial charge in [-0.3, -0.25) is 9.59 Å². The van der Waals surface area contributed by atoms with Crippen molar-refractivity contribution in [3.8, 4) is 5.75 Å². The predicted molar refractivity (Wildman–Crippen MR) is 83.0 cm³/mol. The summed E-state index contributed by atoms with van der Waals surface area (Å²) in [6.45, 7) is 0. The van der Waals surface area contributed by atoms with Crippen molar-refractivity contribution in [3.63, 3.8) is 0 Å². The number of nitrogens with zero attached hydrogens (tertiary/aromatic N) is 1. The van der Waals surface area contributed by atoms with Crippen LogP contribution in [0.2, 0.25) is 0 Å². The second kappa shape index (κ2) is 6.30. The molecule has 112 valence electrons. The fourth-order valence-corrected chi connectivity index (χ4v) is 2.72. The Morgan fingerprint density at radius 1 is 1.38 bits per heavy atom. The fraction of sp³-hybridized carbons (Fsp3) is 0.333. The molecule has 1 fully saturated rings. The van der Waals surface area contributed by atoms with E-state index in [0.29, 0.717) is 5.75 Å². The summed E-state index contributed by atoms with van der Waals surface area (Å²) in [7, 11) is 5.13. The van der Waals surface area contributed by atoms with Crippen LogP contribution in [0.1, 0.15) is 18.0 Å². The maximum Gasteiger partial charge on any atom is 0.256 e. The van der Waals surface area contributed by atoms with Crippen LogP contribution in [0, 0.1) is 0 Å². The van der Waals surface area contributed by atoms with Crippen LogP contribution in [0.3, 0.4) is 0 Å². The van der Waals surface area contributed by atoms with Crippen molar-refractivity contribution in [1.29, 1.82) is 0 Å². The van der Waals surface area contributed by atoms with E-state index < -0.39 is 0 Å². The largest absolute Gasteiger partial charge is 0.497 e. The zero-order chi connectivity index (χ0) is 15.6. The number of amides is 1. The summed E-state index contributed by atoms with van der Waals surface area (Å²) in [4.78, 5) is 26.0. The molecule has 1 aliphatic rings. The van der Waals surface area contributed by atoms with Crippen LogP contribution in [0.25, 0.3) is 0 Å². The van der Waals surface area contributed by atoms with Gasteiger partial charge in [-0.2, -0.15) is 0 Å². The number of carbonyl (C=O) groups is 2. The topological polar surface area (TPSA) is 58.6 Å². The highest BCUT2D eigenvalue weighted by atomic mass is 79.9. The van der Waals surface area contributed by atoms with Gasteiger partial charge in [-0.1, -0.05) is 15.9 Å². The number of rotatable bonds is 3. The smallest absolute Gasteiger partial charge is 0.256 e. The van der Waals surface area contributed by atoms with Crippen molar-refractivity contribution in [3.05, 3.63) is 40.0 Å². The van der Waals surface area contributed by atoms with Crippen molar-refractivity contribution < 1.29 is 14.3 Å². The molecule has 0 aliphatic carbocycles. The molecule has 6 heteroatoms.